The quantitative estimate of drug-likeness (QED) is 0.806. The van der Waals surface area contributed by atoms with Crippen LogP contribution in [0, 0.1) is 0 Å². The number of aromatic nitrogens is 2. The second kappa shape index (κ2) is 7.13. The molecule has 2 fully saturated rings. The Balaban J connectivity index is 1.60. The Kier molecular flexibility index (Phi) is 5.23. The molecule has 0 amide bonds. The number of hydrogen-bond acceptors (Lipinski definition) is 6. The van der Waals surface area contributed by atoms with E-state index in [4.69, 9.17) is 21.1 Å². The van der Waals surface area contributed by atoms with Crippen molar-refractivity contribution in [2.24, 2.45) is 0 Å². The van der Waals surface area contributed by atoms with E-state index in [1.807, 2.05) is 0 Å². The fourth-order valence-corrected chi connectivity index (χ4v) is 3.47. The lowest BCUT2D eigenvalue weighted by molar-refractivity contribution is 0.0341. The van der Waals surface area contributed by atoms with Crippen molar-refractivity contribution < 1.29 is 9.47 Å². The second-order valence-corrected chi connectivity index (χ2v) is 6.81. The van der Waals surface area contributed by atoms with Crippen LogP contribution in [-0.4, -0.2) is 53.0 Å². The molecule has 1 aromatic heterocycles. The van der Waals surface area contributed by atoms with Gasteiger partial charge in [-0.25, -0.2) is 0 Å². The average molecular weight is 318 g/mol. The maximum atomic E-state index is 6.12. The number of nitrogens with zero attached hydrogens (tertiary/aromatic N) is 3. The van der Waals surface area contributed by atoms with E-state index in [-0.39, 0.29) is 0 Å². The van der Waals surface area contributed by atoms with Gasteiger partial charge in [-0.15, -0.1) is 5.10 Å². The predicted octanol–water partition coefficient (Wildman–Crippen LogP) is 2.35. The van der Waals surface area contributed by atoms with Crippen LogP contribution in [0.4, 0.5) is 0 Å². The SMILES string of the molecule is Clc1snnc1CN(C[C@@H]1CCCO1)C[C@@H]1CCCO1. The first kappa shape index (κ1) is 14.7. The maximum Gasteiger partial charge on any atom is 0.138 e. The van der Waals surface area contributed by atoms with Crippen molar-refractivity contribution in [3.8, 4) is 0 Å². The molecule has 0 saturated carbocycles. The molecule has 0 aromatic carbocycles. The molecule has 2 saturated heterocycles. The first-order chi connectivity index (χ1) is 9.81. The maximum absolute atomic E-state index is 6.12. The molecule has 7 heteroatoms. The van der Waals surface area contributed by atoms with E-state index in [1.165, 1.54) is 11.5 Å². The third-order valence-electron chi connectivity index (χ3n) is 3.85. The fourth-order valence-electron chi connectivity index (χ4n) is 2.86. The summed E-state index contributed by atoms with van der Waals surface area (Å²) in [5.74, 6) is 0. The molecule has 0 spiro atoms. The van der Waals surface area contributed by atoms with Crippen molar-refractivity contribution in [2.75, 3.05) is 26.3 Å². The van der Waals surface area contributed by atoms with E-state index in [0.717, 1.165) is 64.2 Å². The first-order valence-electron chi connectivity index (χ1n) is 7.23. The highest BCUT2D eigenvalue weighted by Crippen LogP contribution is 2.22. The Morgan fingerprint density at radius 3 is 2.25 bits per heavy atom. The minimum Gasteiger partial charge on any atom is -0.377 e. The molecule has 0 radical (unpaired) electrons. The van der Waals surface area contributed by atoms with Gasteiger partial charge in [0.05, 0.1) is 12.2 Å². The molecule has 0 unspecified atom stereocenters. The summed E-state index contributed by atoms with van der Waals surface area (Å²) in [6.45, 7) is 4.35. The lowest BCUT2D eigenvalue weighted by Crippen LogP contribution is -2.37. The molecular weight excluding hydrogens is 298 g/mol. The van der Waals surface area contributed by atoms with Crippen LogP contribution in [0.1, 0.15) is 31.4 Å². The summed E-state index contributed by atoms with van der Waals surface area (Å²) in [6, 6.07) is 0. The first-order valence-corrected chi connectivity index (χ1v) is 8.38. The summed E-state index contributed by atoms with van der Waals surface area (Å²) in [5.41, 5.74) is 0.868. The Labute approximate surface area is 128 Å². The topological polar surface area (TPSA) is 47.5 Å². The molecule has 2 aliphatic heterocycles. The minimum absolute atomic E-state index is 0.335. The molecule has 3 rings (SSSR count). The van der Waals surface area contributed by atoms with E-state index >= 15 is 0 Å². The van der Waals surface area contributed by atoms with Crippen molar-refractivity contribution >= 4 is 23.1 Å². The van der Waals surface area contributed by atoms with Gasteiger partial charge in [0, 0.05) is 44.4 Å². The standard InChI is InChI=1S/C13H20ClN3O2S/c14-13-12(15-16-20-13)9-17(7-10-3-1-5-18-10)8-11-4-2-6-19-11/h10-11H,1-9H2/t10-,11-/m0/s1. The van der Waals surface area contributed by atoms with Crippen LogP contribution in [0.5, 0.6) is 0 Å². The number of halogens is 1. The summed E-state index contributed by atoms with van der Waals surface area (Å²) in [6.07, 6.45) is 5.29. The molecule has 0 bridgehead atoms. The zero-order valence-electron chi connectivity index (χ0n) is 11.5. The Morgan fingerprint density at radius 1 is 1.15 bits per heavy atom. The van der Waals surface area contributed by atoms with Crippen LogP contribution >= 0.6 is 23.1 Å². The van der Waals surface area contributed by atoms with Gasteiger partial charge in [0.1, 0.15) is 10.0 Å². The summed E-state index contributed by atoms with van der Waals surface area (Å²) < 4.78 is 16.1. The Bertz CT molecular complexity index is 402. The van der Waals surface area contributed by atoms with Gasteiger partial charge in [0.2, 0.25) is 0 Å². The van der Waals surface area contributed by atoms with E-state index in [9.17, 15) is 0 Å². The molecule has 0 aliphatic carbocycles. The largest absolute Gasteiger partial charge is 0.377 e. The molecule has 3 heterocycles. The fraction of sp³-hybridized carbons (Fsp3) is 0.846. The molecule has 1 aromatic rings. The Hall–Kier alpha value is -0.270. The van der Waals surface area contributed by atoms with Crippen molar-refractivity contribution in [1.82, 2.24) is 14.5 Å². The number of rotatable bonds is 6. The van der Waals surface area contributed by atoms with Crippen LogP contribution in [0.2, 0.25) is 4.34 Å². The molecule has 5 nitrogen and oxygen atoms in total. The van der Waals surface area contributed by atoms with Gasteiger partial charge in [0.15, 0.2) is 0 Å². The molecule has 2 aliphatic rings. The highest BCUT2D eigenvalue weighted by atomic mass is 35.5. The van der Waals surface area contributed by atoms with Gasteiger partial charge >= 0.3 is 0 Å². The third-order valence-corrected chi connectivity index (χ3v) is 4.84. The van der Waals surface area contributed by atoms with Crippen LogP contribution in [0.3, 0.4) is 0 Å². The minimum atomic E-state index is 0.335. The normalized spacial score (nSPS) is 26.7. The summed E-state index contributed by atoms with van der Waals surface area (Å²) in [4.78, 5) is 2.36. The van der Waals surface area contributed by atoms with Gasteiger partial charge in [-0.2, -0.15) is 0 Å². The van der Waals surface area contributed by atoms with Gasteiger partial charge in [-0.3, -0.25) is 4.90 Å². The highest BCUT2D eigenvalue weighted by molar-refractivity contribution is 7.10. The molecule has 0 N–H and O–H groups in total. The average Bonchev–Trinajstić information content (AvgIpc) is 3.15. The van der Waals surface area contributed by atoms with Gasteiger partial charge < -0.3 is 9.47 Å². The number of hydrogen-bond donors (Lipinski definition) is 0. The zero-order valence-corrected chi connectivity index (χ0v) is 13.0. The van der Waals surface area contributed by atoms with Crippen molar-refractivity contribution in [1.29, 1.82) is 0 Å². The number of ether oxygens (including phenoxy) is 2. The van der Waals surface area contributed by atoms with Gasteiger partial charge in [0.25, 0.3) is 0 Å². The van der Waals surface area contributed by atoms with Crippen LogP contribution in [0.25, 0.3) is 0 Å². The summed E-state index contributed by atoms with van der Waals surface area (Å²) in [7, 11) is 0. The lowest BCUT2D eigenvalue weighted by atomic mass is 10.2. The van der Waals surface area contributed by atoms with E-state index in [2.05, 4.69) is 14.5 Å². The summed E-state index contributed by atoms with van der Waals surface area (Å²) in [5, 5.41) is 4.12. The lowest BCUT2D eigenvalue weighted by Gasteiger charge is -2.26. The van der Waals surface area contributed by atoms with Crippen molar-refractivity contribution in [2.45, 2.75) is 44.4 Å². The van der Waals surface area contributed by atoms with E-state index in [1.54, 1.807) is 0 Å². The summed E-state index contributed by atoms with van der Waals surface area (Å²) >= 11 is 7.37. The third kappa shape index (κ3) is 3.89. The molecule has 112 valence electrons. The van der Waals surface area contributed by atoms with E-state index < -0.39 is 0 Å². The van der Waals surface area contributed by atoms with Crippen LogP contribution in [-0.2, 0) is 16.0 Å². The predicted molar refractivity (Wildman–Crippen MR) is 78.1 cm³/mol. The van der Waals surface area contributed by atoms with Crippen LogP contribution in [0.15, 0.2) is 0 Å². The van der Waals surface area contributed by atoms with Gasteiger partial charge in [-0.05, 0) is 25.7 Å². The molecule has 2 atom stereocenters. The highest BCUT2D eigenvalue weighted by Gasteiger charge is 2.25. The zero-order chi connectivity index (χ0) is 13.8. The van der Waals surface area contributed by atoms with Gasteiger partial charge in [-0.1, -0.05) is 16.1 Å². The smallest absolute Gasteiger partial charge is 0.138 e. The second-order valence-electron chi connectivity index (χ2n) is 5.46. The van der Waals surface area contributed by atoms with E-state index in [0.29, 0.717) is 16.5 Å². The molecule has 20 heavy (non-hydrogen) atoms. The Morgan fingerprint density at radius 2 is 1.80 bits per heavy atom. The monoisotopic (exact) mass is 317 g/mol. The molecular formula is C13H20ClN3O2S. The van der Waals surface area contributed by atoms with Crippen molar-refractivity contribution in [3.05, 3.63) is 10.0 Å². The van der Waals surface area contributed by atoms with Crippen LogP contribution < -0.4 is 0 Å². The van der Waals surface area contributed by atoms with Crippen molar-refractivity contribution in [3.63, 3.8) is 0 Å².